The van der Waals surface area contributed by atoms with Crippen LogP contribution in [0.3, 0.4) is 0 Å². The fourth-order valence-corrected chi connectivity index (χ4v) is 4.96. The average molecular weight is 563 g/mol. The molecule has 3 aromatic heterocycles. The maximum Gasteiger partial charge on any atom is 0.390 e. The molecule has 1 saturated carbocycles. The number of benzene rings is 2. The summed E-state index contributed by atoms with van der Waals surface area (Å²) in [6.45, 7) is 1.53. The number of nitrogens with zero attached hydrogens (tertiary/aromatic N) is 4. The Labute approximate surface area is 231 Å². The van der Waals surface area contributed by atoms with E-state index in [1.165, 1.54) is 6.07 Å². The number of pyridine rings is 1. The van der Waals surface area contributed by atoms with E-state index < -0.39 is 18.5 Å². The highest BCUT2D eigenvalue weighted by Crippen LogP contribution is 2.39. The van der Waals surface area contributed by atoms with Gasteiger partial charge in [0.2, 0.25) is 17.3 Å². The minimum Gasteiger partial charge on any atom is -0.435 e. The summed E-state index contributed by atoms with van der Waals surface area (Å²) < 4.78 is 47.7. The molecule has 3 heterocycles. The lowest BCUT2D eigenvalue weighted by molar-refractivity contribution is -0.132. The molecule has 3 N–H and O–H groups in total. The number of para-hydroxylation sites is 1. The minimum absolute atomic E-state index is 0.0689. The Kier molecular flexibility index (Phi) is 6.40. The summed E-state index contributed by atoms with van der Waals surface area (Å²) in [5.74, 6) is -0.134. The van der Waals surface area contributed by atoms with Crippen molar-refractivity contribution in [3.05, 3.63) is 82.3 Å². The van der Waals surface area contributed by atoms with Crippen molar-refractivity contribution < 1.29 is 22.7 Å². The second kappa shape index (κ2) is 9.95. The first-order valence-electron chi connectivity index (χ1n) is 13.0. The number of nitrogens with one attached hydrogen (secondary N) is 1. The molecule has 9 nitrogen and oxygen atoms in total. The number of aromatic amines is 1. The maximum absolute atomic E-state index is 13.3. The lowest BCUT2D eigenvalue weighted by Crippen LogP contribution is -2.30. The zero-order valence-corrected chi connectivity index (χ0v) is 21.9. The normalized spacial score (nSPS) is 13.6. The number of primary amides is 1. The molecule has 1 amide bonds. The third kappa shape index (κ3) is 5.32. The van der Waals surface area contributed by atoms with Gasteiger partial charge >= 0.3 is 6.18 Å². The van der Waals surface area contributed by atoms with Crippen LogP contribution in [0.5, 0.6) is 11.6 Å². The molecule has 0 atom stereocenters. The van der Waals surface area contributed by atoms with E-state index in [0.717, 1.165) is 18.2 Å². The number of aromatic nitrogens is 4. The summed E-state index contributed by atoms with van der Waals surface area (Å²) in [5, 5.41) is 5.42. The largest absolute Gasteiger partial charge is 0.435 e. The van der Waals surface area contributed by atoms with Crippen LogP contribution < -0.4 is 20.9 Å². The number of carbonyl (C=O) groups is 1. The molecule has 41 heavy (non-hydrogen) atoms. The summed E-state index contributed by atoms with van der Waals surface area (Å²) in [4.78, 5) is 32.9. The molecular formula is C29H25F3N6O3. The predicted molar refractivity (Wildman–Crippen MR) is 147 cm³/mol. The second-order valence-electron chi connectivity index (χ2n) is 10.0. The second-order valence-corrected chi connectivity index (χ2v) is 10.0. The first-order chi connectivity index (χ1) is 19.6. The molecule has 1 aliphatic carbocycles. The van der Waals surface area contributed by atoms with Gasteiger partial charge in [0, 0.05) is 41.2 Å². The Balaban J connectivity index is 1.53. The smallest absolute Gasteiger partial charge is 0.390 e. The highest BCUT2D eigenvalue weighted by Gasteiger charge is 2.36. The van der Waals surface area contributed by atoms with E-state index in [1.54, 1.807) is 64.9 Å². The number of ether oxygens (including phenoxy) is 1. The van der Waals surface area contributed by atoms with Gasteiger partial charge in [-0.15, -0.1) is 5.10 Å². The number of alkyl halides is 3. The van der Waals surface area contributed by atoms with Crippen LogP contribution in [-0.2, 0) is 0 Å². The zero-order valence-electron chi connectivity index (χ0n) is 21.9. The Morgan fingerprint density at radius 1 is 1.15 bits per heavy atom. The molecule has 1 aliphatic rings. The summed E-state index contributed by atoms with van der Waals surface area (Å²) in [6, 6.07) is 16.5. The Bertz CT molecular complexity index is 1840. The van der Waals surface area contributed by atoms with E-state index >= 15 is 0 Å². The fraction of sp³-hybridized carbons (Fsp3) is 0.241. The highest BCUT2D eigenvalue weighted by atomic mass is 19.4. The van der Waals surface area contributed by atoms with Crippen LogP contribution >= 0.6 is 0 Å². The third-order valence-corrected chi connectivity index (χ3v) is 7.03. The van der Waals surface area contributed by atoms with Gasteiger partial charge in [0.05, 0.1) is 29.0 Å². The van der Waals surface area contributed by atoms with Crippen molar-refractivity contribution in [2.75, 3.05) is 11.4 Å². The molecule has 0 aliphatic heterocycles. The van der Waals surface area contributed by atoms with Gasteiger partial charge < -0.3 is 20.4 Å². The highest BCUT2D eigenvalue weighted by molar-refractivity contribution is 5.93. The molecule has 6 rings (SSSR count). The lowest BCUT2D eigenvalue weighted by Gasteiger charge is -2.26. The lowest BCUT2D eigenvalue weighted by atomic mass is 10.1. The molecule has 0 saturated heterocycles. The van der Waals surface area contributed by atoms with Crippen molar-refractivity contribution in [2.45, 2.75) is 38.4 Å². The number of rotatable bonds is 8. The van der Waals surface area contributed by atoms with Gasteiger partial charge in [-0.2, -0.15) is 13.2 Å². The number of hydrogen-bond donors (Lipinski definition) is 2. The van der Waals surface area contributed by atoms with Gasteiger partial charge in [0.15, 0.2) is 11.4 Å². The monoisotopic (exact) mass is 562 g/mol. The van der Waals surface area contributed by atoms with E-state index in [0.29, 0.717) is 45.1 Å². The summed E-state index contributed by atoms with van der Waals surface area (Å²) in [6.07, 6.45) is -3.80. The van der Waals surface area contributed by atoms with Crippen molar-refractivity contribution in [3.8, 4) is 22.9 Å². The van der Waals surface area contributed by atoms with Gasteiger partial charge in [-0.3, -0.25) is 9.59 Å². The third-order valence-electron chi connectivity index (χ3n) is 7.03. The SMILES string of the molecule is Cc1nc2c(N(CCC(F)(F)F)C3CC3)cc(Oc3cccc4ccc(=O)[nH]c34)nn2c1-c1ccc(C(N)=O)cc1. The van der Waals surface area contributed by atoms with Gasteiger partial charge in [-0.25, -0.2) is 9.50 Å². The van der Waals surface area contributed by atoms with Crippen molar-refractivity contribution in [1.29, 1.82) is 0 Å². The van der Waals surface area contributed by atoms with Crippen LogP contribution in [0.15, 0.2) is 65.5 Å². The molecule has 0 spiro atoms. The number of aryl methyl sites for hydroxylation is 1. The number of halogens is 3. The number of fused-ring (bicyclic) bond motifs is 2. The Morgan fingerprint density at radius 3 is 2.59 bits per heavy atom. The van der Waals surface area contributed by atoms with E-state index in [9.17, 15) is 22.8 Å². The molecule has 2 aromatic carbocycles. The van der Waals surface area contributed by atoms with Crippen molar-refractivity contribution in [2.24, 2.45) is 5.73 Å². The van der Waals surface area contributed by atoms with E-state index in [4.69, 9.17) is 15.5 Å². The number of carbonyl (C=O) groups excluding carboxylic acids is 1. The van der Waals surface area contributed by atoms with Gasteiger partial charge in [0.1, 0.15) is 0 Å². The summed E-state index contributed by atoms with van der Waals surface area (Å²) in [7, 11) is 0. The topological polar surface area (TPSA) is 119 Å². The summed E-state index contributed by atoms with van der Waals surface area (Å²) in [5.41, 5.74) is 8.57. The zero-order chi connectivity index (χ0) is 28.9. The van der Waals surface area contributed by atoms with Crippen molar-refractivity contribution in [3.63, 3.8) is 0 Å². The van der Waals surface area contributed by atoms with Gasteiger partial charge in [-0.05, 0) is 44.0 Å². The molecule has 1 fully saturated rings. The number of hydrogen-bond acceptors (Lipinski definition) is 6. The molecule has 210 valence electrons. The van der Waals surface area contributed by atoms with Crippen molar-refractivity contribution >= 4 is 28.1 Å². The first kappa shape index (κ1) is 26.4. The number of amides is 1. The predicted octanol–water partition coefficient (Wildman–Crippen LogP) is 5.36. The number of anilines is 1. The van der Waals surface area contributed by atoms with E-state index in [1.807, 2.05) is 6.07 Å². The van der Waals surface area contributed by atoms with Crippen LogP contribution in [0, 0.1) is 6.92 Å². The Hall–Kier alpha value is -4.87. The quantitative estimate of drug-likeness (QED) is 0.263. The molecule has 5 aromatic rings. The van der Waals surface area contributed by atoms with E-state index in [2.05, 4.69) is 10.1 Å². The van der Waals surface area contributed by atoms with Crippen LogP contribution in [-0.4, -0.2) is 44.3 Å². The van der Waals surface area contributed by atoms with Crippen LogP contribution in [0.25, 0.3) is 27.8 Å². The van der Waals surface area contributed by atoms with Gasteiger partial charge in [0.25, 0.3) is 0 Å². The van der Waals surface area contributed by atoms with Crippen molar-refractivity contribution in [1.82, 2.24) is 19.6 Å². The molecule has 0 unspecified atom stereocenters. The Morgan fingerprint density at radius 2 is 1.90 bits per heavy atom. The molecular weight excluding hydrogens is 537 g/mol. The molecule has 0 radical (unpaired) electrons. The van der Waals surface area contributed by atoms with E-state index in [-0.39, 0.29) is 24.0 Å². The first-order valence-corrected chi connectivity index (χ1v) is 13.0. The number of H-pyrrole nitrogens is 1. The summed E-state index contributed by atoms with van der Waals surface area (Å²) >= 11 is 0. The molecule has 12 heteroatoms. The average Bonchev–Trinajstić information content (AvgIpc) is 3.70. The van der Waals surface area contributed by atoms with Crippen LogP contribution in [0.4, 0.5) is 18.9 Å². The number of imidazole rings is 1. The number of nitrogens with two attached hydrogens (primary N) is 1. The van der Waals surface area contributed by atoms with Crippen LogP contribution in [0.2, 0.25) is 0 Å². The van der Waals surface area contributed by atoms with Crippen LogP contribution in [0.1, 0.15) is 35.3 Å². The van der Waals surface area contributed by atoms with Gasteiger partial charge in [-0.1, -0.05) is 24.3 Å². The maximum atomic E-state index is 13.3. The fourth-order valence-electron chi connectivity index (χ4n) is 4.96. The minimum atomic E-state index is -4.33. The standard InChI is InChI=1S/C29H25F3N6O3/c1-16-26(18-5-7-19(8-6-18)27(33)40)38-28(34-16)21(37(20-10-11-20)14-13-29(30,31)32)15-24(36-38)41-22-4-2-3-17-9-12-23(39)35-25(17)22/h2-9,12,15,20H,10-11,13-14H2,1H3,(H2,33,40)(H,35,39). The molecule has 0 bridgehead atoms.